The first-order valence-corrected chi connectivity index (χ1v) is 29.3. The predicted octanol–water partition coefficient (Wildman–Crippen LogP) is 14.8. The Bertz CT molecular complexity index is 1500. The zero-order valence-electron chi connectivity index (χ0n) is 46.1. The van der Waals surface area contributed by atoms with E-state index in [4.69, 9.17) is 23.7 Å². The highest BCUT2D eigenvalue weighted by Gasteiger charge is 2.50. The number of esters is 3. The molecule has 1 heterocycles. The van der Waals surface area contributed by atoms with Crippen molar-refractivity contribution < 1.29 is 58.2 Å². The average Bonchev–Trinajstić information content (AvgIpc) is 3.37. The number of unbranched alkanes of at least 4 members (excludes halogenated alkanes) is 25. The summed E-state index contributed by atoms with van der Waals surface area (Å²) in [6, 6.07) is 0. The Morgan fingerprint density at radius 1 is 0.466 bits per heavy atom. The molecule has 0 amide bonds. The van der Waals surface area contributed by atoms with E-state index in [0.29, 0.717) is 19.3 Å². The third kappa shape index (κ3) is 39.5. The number of hydrogen-bond donors (Lipinski definition) is 3. The van der Waals surface area contributed by atoms with Crippen molar-refractivity contribution in [2.75, 3.05) is 13.2 Å². The molecule has 73 heavy (non-hydrogen) atoms. The number of hydrogen-bond acceptors (Lipinski definition) is 11. The van der Waals surface area contributed by atoms with E-state index in [1.165, 1.54) is 70.6 Å². The second-order valence-corrected chi connectivity index (χ2v) is 19.9. The molecule has 1 saturated heterocycles. The first kappa shape index (κ1) is 67.4. The van der Waals surface area contributed by atoms with Gasteiger partial charge in [-0.2, -0.15) is 0 Å². The Morgan fingerprint density at radius 3 is 1.33 bits per heavy atom. The summed E-state index contributed by atoms with van der Waals surface area (Å²) < 4.78 is 28.4. The Hall–Kier alpha value is -3.58. The lowest BCUT2D eigenvalue weighted by Crippen LogP contribution is -2.61. The van der Waals surface area contributed by atoms with E-state index in [1.54, 1.807) is 0 Å². The molecule has 1 aliphatic rings. The van der Waals surface area contributed by atoms with Crippen LogP contribution in [0, 0.1) is 0 Å². The van der Waals surface area contributed by atoms with E-state index in [1.807, 2.05) is 0 Å². The number of allylic oxidation sites excluding steroid dienone is 10. The number of carbonyl (C=O) groups excluding carboxylic acids is 3. The number of carbonyl (C=O) groups is 4. The Labute approximate surface area is 443 Å². The smallest absolute Gasteiger partial charge is 0.335 e. The Kier molecular flexibility index (Phi) is 45.5. The van der Waals surface area contributed by atoms with Crippen LogP contribution in [-0.2, 0) is 42.9 Å². The molecule has 3 N–H and O–H groups in total. The summed E-state index contributed by atoms with van der Waals surface area (Å²) in [6.07, 6.45) is 47.7. The SMILES string of the molecule is CC/C=C\C/C=C\C/C=C\C/C=C\CCCCCCCCC(=O)OC1C(OCC(COC(=O)CCCCCCC/C=C\CCCCCCCC)OC(=O)CCCCCCCCCCC)OC(C(=O)O)C(O)C1O. The third-order valence-electron chi connectivity index (χ3n) is 13.1. The highest BCUT2D eigenvalue weighted by atomic mass is 16.7. The van der Waals surface area contributed by atoms with Crippen LogP contribution in [0.4, 0.5) is 0 Å². The molecule has 12 heteroatoms. The number of rotatable bonds is 49. The molecule has 6 unspecified atom stereocenters. The van der Waals surface area contributed by atoms with Gasteiger partial charge in [0.05, 0.1) is 6.61 Å². The van der Waals surface area contributed by atoms with Crippen LogP contribution in [0.5, 0.6) is 0 Å². The molecule has 0 radical (unpaired) electrons. The van der Waals surface area contributed by atoms with Gasteiger partial charge in [0.1, 0.15) is 18.8 Å². The van der Waals surface area contributed by atoms with E-state index < -0.39 is 67.3 Å². The fraction of sp³-hybridized carbons (Fsp3) is 0.770. The van der Waals surface area contributed by atoms with Gasteiger partial charge in [0.2, 0.25) is 0 Å². The molecule has 1 fully saturated rings. The lowest BCUT2D eigenvalue weighted by atomic mass is 9.98. The average molecular weight is 1030 g/mol. The minimum absolute atomic E-state index is 0.0437. The molecule has 0 aromatic rings. The maximum absolute atomic E-state index is 13.1. The normalized spacial score (nSPS) is 18.7. The first-order chi connectivity index (χ1) is 35.6. The molecule has 0 spiro atoms. The van der Waals surface area contributed by atoms with Crippen LogP contribution in [0.3, 0.4) is 0 Å². The molecule has 0 aromatic heterocycles. The summed E-state index contributed by atoms with van der Waals surface area (Å²) in [4.78, 5) is 51.0. The van der Waals surface area contributed by atoms with Gasteiger partial charge < -0.3 is 39.0 Å². The topological polar surface area (TPSA) is 175 Å². The van der Waals surface area contributed by atoms with Crippen molar-refractivity contribution in [3.63, 3.8) is 0 Å². The molecule has 12 nitrogen and oxygen atoms in total. The highest BCUT2D eigenvalue weighted by Crippen LogP contribution is 2.26. The fourth-order valence-electron chi connectivity index (χ4n) is 8.59. The second kappa shape index (κ2) is 49.3. The van der Waals surface area contributed by atoms with Crippen LogP contribution in [-0.4, -0.2) is 89.2 Å². The summed E-state index contributed by atoms with van der Waals surface area (Å²) in [5.74, 6) is -3.14. The Morgan fingerprint density at radius 2 is 0.863 bits per heavy atom. The van der Waals surface area contributed by atoms with E-state index in [9.17, 15) is 34.5 Å². The summed E-state index contributed by atoms with van der Waals surface area (Å²) in [6.45, 7) is 5.84. The van der Waals surface area contributed by atoms with E-state index in [2.05, 4.69) is 81.5 Å². The summed E-state index contributed by atoms with van der Waals surface area (Å²) in [5.41, 5.74) is 0. The van der Waals surface area contributed by atoms with E-state index in [-0.39, 0.29) is 25.9 Å². The number of ether oxygens (including phenoxy) is 5. The van der Waals surface area contributed by atoms with Gasteiger partial charge in [-0.1, -0.05) is 210 Å². The quantitative estimate of drug-likeness (QED) is 0.0228. The van der Waals surface area contributed by atoms with E-state index >= 15 is 0 Å². The minimum Gasteiger partial charge on any atom is -0.479 e. The van der Waals surface area contributed by atoms with E-state index in [0.717, 1.165) is 122 Å². The number of carboxylic acids is 1. The molecule has 0 bridgehead atoms. The van der Waals surface area contributed by atoms with Crippen molar-refractivity contribution >= 4 is 23.9 Å². The van der Waals surface area contributed by atoms with Crippen LogP contribution >= 0.6 is 0 Å². The number of carboxylic acid groups (broad SMARTS) is 1. The maximum Gasteiger partial charge on any atom is 0.335 e. The molecule has 1 aliphatic heterocycles. The van der Waals surface area contributed by atoms with Gasteiger partial charge in [-0.25, -0.2) is 4.79 Å². The van der Waals surface area contributed by atoms with Gasteiger partial charge in [-0.15, -0.1) is 0 Å². The molecule has 0 aliphatic carbocycles. The van der Waals surface area contributed by atoms with Gasteiger partial charge in [-0.3, -0.25) is 14.4 Å². The summed E-state index contributed by atoms with van der Waals surface area (Å²) >= 11 is 0. The monoisotopic (exact) mass is 1030 g/mol. The molecule has 0 saturated carbocycles. The van der Waals surface area contributed by atoms with Crippen molar-refractivity contribution in [3.05, 3.63) is 60.8 Å². The van der Waals surface area contributed by atoms with Gasteiger partial charge >= 0.3 is 23.9 Å². The second-order valence-electron chi connectivity index (χ2n) is 19.9. The van der Waals surface area contributed by atoms with Crippen molar-refractivity contribution in [2.24, 2.45) is 0 Å². The molecule has 1 rings (SSSR count). The minimum atomic E-state index is -1.91. The summed E-state index contributed by atoms with van der Waals surface area (Å²) in [5, 5.41) is 31.4. The standard InChI is InChI=1S/C61H104O12/c1-4-7-10-13-16-19-21-23-25-26-27-28-30-32-34-37-40-43-46-49-55(64)72-59-57(66)56(65)58(60(67)68)73-61(59)70-51-52(71-54(63)48-45-42-39-35-18-15-12-9-6-3)50-69-53(62)47-44-41-38-36-33-31-29-24-22-20-17-14-11-8-5-2/h7,10,16,19,23-25,27-29,52,56-59,61,65-66H,4-6,8-9,11-15,17-18,20-22,26,30-51H2,1-3H3,(H,67,68)/b10-7-,19-16-,25-23-,28-27-,29-24-. The number of aliphatic carboxylic acids is 1. The van der Waals surface area contributed by atoms with Crippen LogP contribution in [0.1, 0.15) is 252 Å². The zero-order valence-corrected chi connectivity index (χ0v) is 46.1. The van der Waals surface area contributed by atoms with Crippen molar-refractivity contribution in [1.29, 1.82) is 0 Å². The lowest BCUT2D eigenvalue weighted by molar-refractivity contribution is -0.301. The maximum atomic E-state index is 13.1. The van der Waals surface area contributed by atoms with Gasteiger partial charge in [0.15, 0.2) is 24.6 Å². The van der Waals surface area contributed by atoms with Gasteiger partial charge in [0.25, 0.3) is 0 Å². The molecular weight excluding hydrogens is 925 g/mol. The first-order valence-electron chi connectivity index (χ1n) is 29.3. The number of aliphatic hydroxyl groups is 2. The van der Waals surface area contributed by atoms with Crippen LogP contribution in [0.25, 0.3) is 0 Å². The molecule has 6 atom stereocenters. The van der Waals surface area contributed by atoms with Crippen LogP contribution in [0.15, 0.2) is 60.8 Å². The van der Waals surface area contributed by atoms with Crippen molar-refractivity contribution in [2.45, 2.75) is 289 Å². The van der Waals surface area contributed by atoms with Gasteiger partial charge in [0, 0.05) is 19.3 Å². The number of aliphatic hydroxyl groups excluding tert-OH is 2. The van der Waals surface area contributed by atoms with Crippen LogP contribution in [0.2, 0.25) is 0 Å². The molecule has 0 aromatic carbocycles. The molecule has 420 valence electrons. The zero-order chi connectivity index (χ0) is 53.3. The highest BCUT2D eigenvalue weighted by molar-refractivity contribution is 5.74. The van der Waals surface area contributed by atoms with Crippen LogP contribution < -0.4 is 0 Å². The third-order valence-corrected chi connectivity index (χ3v) is 13.1. The molecular formula is C61H104O12. The van der Waals surface area contributed by atoms with Crippen molar-refractivity contribution in [1.82, 2.24) is 0 Å². The summed E-state index contributed by atoms with van der Waals surface area (Å²) in [7, 11) is 0. The lowest BCUT2D eigenvalue weighted by Gasteiger charge is -2.40. The van der Waals surface area contributed by atoms with Crippen molar-refractivity contribution in [3.8, 4) is 0 Å². The predicted molar refractivity (Wildman–Crippen MR) is 294 cm³/mol. The Balaban J connectivity index is 2.65. The largest absolute Gasteiger partial charge is 0.479 e. The fourth-order valence-corrected chi connectivity index (χ4v) is 8.59. The van der Waals surface area contributed by atoms with Gasteiger partial charge in [-0.05, 0) is 83.5 Å².